The molecule has 0 saturated carbocycles. The molecule has 0 fully saturated rings. The maximum absolute atomic E-state index is 10.8. The van der Waals surface area contributed by atoms with Gasteiger partial charge in [0.25, 0.3) is 0 Å². The van der Waals surface area contributed by atoms with Crippen LogP contribution in [0.5, 0.6) is 11.5 Å². The fraction of sp³-hybridized carbons (Fsp3) is 0.320. The zero-order chi connectivity index (χ0) is 24.0. The number of esters is 1. The Bertz CT molecular complexity index is 768. The molecule has 0 saturated heterocycles. The van der Waals surface area contributed by atoms with Gasteiger partial charge in [0.1, 0.15) is 24.1 Å². The standard InChI is InChI=1S/C16H20O4.C8H8O2.CH4O/c1-2-16(18)20-12-6-4-3-5-11-19-15-9-7-14(13-17)8-10-15;1-10-8-4-2-7(6-9)3-5-8;1-2/h2,7-10,13H,1,3-6,11-12H2;2-6H,1H3;2H,1H3. The first-order valence-electron chi connectivity index (χ1n) is 10.1. The third-order valence-electron chi connectivity index (χ3n) is 3.99. The Hall–Kier alpha value is -3.45. The van der Waals surface area contributed by atoms with Crippen LogP contribution >= 0.6 is 0 Å². The first-order chi connectivity index (χ1) is 15.6. The van der Waals surface area contributed by atoms with Gasteiger partial charge in [0.15, 0.2) is 0 Å². The number of aliphatic hydroxyl groups excluding tert-OH is 1. The Morgan fingerprint density at radius 3 is 1.72 bits per heavy atom. The molecule has 0 aromatic heterocycles. The first kappa shape index (κ1) is 28.5. The van der Waals surface area contributed by atoms with Gasteiger partial charge in [0.05, 0.1) is 20.3 Å². The predicted octanol–water partition coefficient (Wildman–Crippen LogP) is 4.28. The van der Waals surface area contributed by atoms with Crippen LogP contribution in [0.25, 0.3) is 0 Å². The van der Waals surface area contributed by atoms with Crippen molar-refractivity contribution in [3.63, 3.8) is 0 Å². The van der Waals surface area contributed by atoms with Crippen molar-refractivity contribution in [1.29, 1.82) is 0 Å². The Morgan fingerprint density at radius 1 is 0.812 bits per heavy atom. The summed E-state index contributed by atoms with van der Waals surface area (Å²) in [5.41, 5.74) is 1.31. The molecule has 0 amide bonds. The molecule has 0 heterocycles. The number of aldehydes is 2. The van der Waals surface area contributed by atoms with E-state index in [-0.39, 0.29) is 5.97 Å². The van der Waals surface area contributed by atoms with Gasteiger partial charge in [-0.25, -0.2) is 4.79 Å². The number of methoxy groups -OCH3 is 1. The van der Waals surface area contributed by atoms with E-state index < -0.39 is 0 Å². The zero-order valence-electron chi connectivity index (χ0n) is 18.7. The Morgan fingerprint density at radius 2 is 1.28 bits per heavy atom. The summed E-state index contributed by atoms with van der Waals surface area (Å²) in [6, 6.07) is 14.0. The summed E-state index contributed by atoms with van der Waals surface area (Å²) >= 11 is 0. The van der Waals surface area contributed by atoms with Gasteiger partial charge in [-0.1, -0.05) is 6.58 Å². The molecule has 0 aliphatic rings. The molecule has 0 unspecified atom stereocenters. The number of rotatable bonds is 12. The highest BCUT2D eigenvalue weighted by Gasteiger charge is 1.97. The van der Waals surface area contributed by atoms with E-state index in [1.165, 1.54) is 6.08 Å². The Labute approximate surface area is 189 Å². The van der Waals surface area contributed by atoms with Gasteiger partial charge in [-0.15, -0.1) is 0 Å². The first-order valence-corrected chi connectivity index (χ1v) is 10.1. The molecular weight excluding hydrogens is 412 g/mol. The number of ether oxygens (including phenoxy) is 3. The number of carbonyl (C=O) groups excluding carboxylic acids is 3. The fourth-order valence-corrected chi connectivity index (χ4v) is 2.30. The van der Waals surface area contributed by atoms with Gasteiger partial charge in [-0.2, -0.15) is 0 Å². The highest BCUT2D eigenvalue weighted by molar-refractivity contribution is 5.81. The highest BCUT2D eigenvalue weighted by Crippen LogP contribution is 2.12. The lowest BCUT2D eigenvalue weighted by Crippen LogP contribution is -2.02. The molecule has 0 radical (unpaired) electrons. The molecule has 0 atom stereocenters. The predicted molar refractivity (Wildman–Crippen MR) is 123 cm³/mol. The molecule has 0 aliphatic carbocycles. The van der Waals surface area contributed by atoms with Crippen molar-refractivity contribution in [2.24, 2.45) is 0 Å². The third kappa shape index (κ3) is 13.7. The lowest BCUT2D eigenvalue weighted by Gasteiger charge is -2.06. The normalized spacial score (nSPS) is 9.09. The van der Waals surface area contributed by atoms with E-state index in [0.29, 0.717) is 24.3 Å². The quantitative estimate of drug-likeness (QED) is 0.226. The Kier molecular flexibility index (Phi) is 17.4. The molecule has 7 nitrogen and oxygen atoms in total. The monoisotopic (exact) mass is 444 g/mol. The van der Waals surface area contributed by atoms with E-state index in [2.05, 4.69) is 6.58 Å². The summed E-state index contributed by atoms with van der Waals surface area (Å²) in [6.07, 6.45) is 6.61. The number of hydrogen-bond acceptors (Lipinski definition) is 7. The number of carbonyl (C=O) groups is 3. The zero-order valence-corrected chi connectivity index (χ0v) is 18.7. The van der Waals surface area contributed by atoms with Crippen molar-refractivity contribution in [3.8, 4) is 11.5 Å². The maximum Gasteiger partial charge on any atom is 0.330 e. The van der Waals surface area contributed by atoms with E-state index in [9.17, 15) is 14.4 Å². The third-order valence-corrected chi connectivity index (χ3v) is 3.99. The maximum atomic E-state index is 10.8. The number of hydrogen-bond donors (Lipinski definition) is 1. The Balaban J connectivity index is 0.000000668. The molecule has 2 rings (SSSR count). The van der Waals surface area contributed by atoms with Crippen LogP contribution in [0.15, 0.2) is 61.2 Å². The summed E-state index contributed by atoms with van der Waals surface area (Å²) in [5, 5.41) is 7.00. The molecule has 0 bridgehead atoms. The van der Waals surface area contributed by atoms with E-state index >= 15 is 0 Å². The summed E-state index contributed by atoms with van der Waals surface area (Å²) < 4.78 is 15.3. The number of aliphatic hydroxyl groups is 1. The van der Waals surface area contributed by atoms with Gasteiger partial charge >= 0.3 is 5.97 Å². The van der Waals surface area contributed by atoms with Crippen LogP contribution in [-0.4, -0.2) is 51.1 Å². The minimum Gasteiger partial charge on any atom is -0.497 e. The second kappa shape index (κ2) is 19.5. The van der Waals surface area contributed by atoms with Crippen molar-refractivity contribution < 1.29 is 33.7 Å². The molecular formula is C25H32O7. The average Bonchev–Trinajstić information content (AvgIpc) is 2.87. The summed E-state index contributed by atoms with van der Waals surface area (Å²) in [6.45, 7) is 4.42. The van der Waals surface area contributed by atoms with Crippen LogP contribution in [0.4, 0.5) is 0 Å². The summed E-state index contributed by atoms with van der Waals surface area (Å²) in [7, 11) is 2.59. The van der Waals surface area contributed by atoms with E-state index in [4.69, 9.17) is 19.3 Å². The van der Waals surface area contributed by atoms with E-state index in [1.807, 2.05) is 0 Å². The van der Waals surface area contributed by atoms with Crippen LogP contribution in [0.1, 0.15) is 46.4 Å². The van der Waals surface area contributed by atoms with Crippen LogP contribution in [0.3, 0.4) is 0 Å². The van der Waals surface area contributed by atoms with Gasteiger partial charge < -0.3 is 19.3 Å². The SMILES string of the molecule is C=CC(=O)OCCCCCCOc1ccc(C=O)cc1.CO.COc1ccc(C=O)cc1. The summed E-state index contributed by atoms with van der Waals surface area (Å²) in [5.74, 6) is 1.17. The minimum absolute atomic E-state index is 0.368. The van der Waals surface area contributed by atoms with E-state index in [0.717, 1.165) is 56.9 Å². The van der Waals surface area contributed by atoms with Crippen molar-refractivity contribution in [3.05, 3.63) is 72.3 Å². The van der Waals surface area contributed by atoms with Crippen molar-refractivity contribution >= 4 is 18.5 Å². The van der Waals surface area contributed by atoms with Gasteiger partial charge in [-0.05, 0) is 74.2 Å². The molecule has 2 aromatic rings. The van der Waals surface area contributed by atoms with Crippen LogP contribution in [0.2, 0.25) is 0 Å². The number of benzene rings is 2. The second-order valence-corrected chi connectivity index (χ2v) is 6.21. The lowest BCUT2D eigenvalue weighted by molar-refractivity contribution is -0.137. The molecule has 1 N–H and O–H groups in total. The molecule has 2 aromatic carbocycles. The van der Waals surface area contributed by atoms with Crippen LogP contribution in [-0.2, 0) is 9.53 Å². The van der Waals surface area contributed by atoms with Crippen LogP contribution in [0, 0.1) is 0 Å². The van der Waals surface area contributed by atoms with Gasteiger partial charge in [0.2, 0.25) is 0 Å². The molecule has 7 heteroatoms. The van der Waals surface area contributed by atoms with Crippen LogP contribution < -0.4 is 9.47 Å². The largest absolute Gasteiger partial charge is 0.497 e. The summed E-state index contributed by atoms with van der Waals surface area (Å²) in [4.78, 5) is 31.4. The van der Waals surface area contributed by atoms with Crippen molar-refractivity contribution in [2.45, 2.75) is 25.7 Å². The molecule has 0 spiro atoms. The fourth-order valence-electron chi connectivity index (χ4n) is 2.30. The van der Waals surface area contributed by atoms with Gasteiger partial charge in [-0.3, -0.25) is 9.59 Å². The minimum atomic E-state index is -0.368. The van der Waals surface area contributed by atoms with E-state index in [1.54, 1.807) is 55.6 Å². The second-order valence-electron chi connectivity index (χ2n) is 6.21. The molecule has 32 heavy (non-hydrogen) atoms. The van der Waals surface area contributed by atoms with Gasteiger partial charge in [0, 0.05) is 24.3 Å². The number of unbranched alkanes of at least 4 members (excludes halogenated alkanes) is 3. The smallest absolute Gasteiger partial charge is 0.330 e. The molecule has 0 aliphatic heterocycles. The lowest BCUT2D eigenvalue weighted by atomic mass is 10.2. The highest BCUT2D eigenvalue weighted by atomic mass is 16.5. The topological polar surface area (TPSA) is 99.1 Å². The van der Waals surface area contributed by atoms with Crippen molar-refractivity contribution in [1.82, 2.24) is 0 Å². The average molecular weight is 445 g/mol. The molecule has 174 valence electrons. The van der Waals surface area contributed by atoms with Crippen molar-refractivity contribution in [2.75, 3.05) is 27.4 Å².